The number of anilines is 1. The van der Waals surface area contributed by atoms with Gasteiger partial charge in [0, 0.05) is 24.0 Å². The van der Waals surface area contributed by atoms with E-state index in [2.05, 4.69) is 10.2 Å². The number of hydrogen-bond donors (Lipinski definition) is 1. The number of para-hydroxylation sites is 1. The molecule has 3 aromatic rings. The second-order valence-electron chi connectivity index (χ2n) is 5.95. The molecule has 0 spiro atoms. The van der Waals surface area contributed by atoms with E-state index in [1.165, 1.54) is 0 Å². The van der Waals surface area contributed by atoms with Crippen molar-refractivity contribution >= 4 is 28.5 Å². The summed E-state index contributed by atoms with van der Waals surface area (Å²) in [7, 11) is 0. The Kier molecular flexibility index (Phi) is 3.86. The van der Waals surface area contributed by atoms with Gasteiger partial charge < -0.3 is 9.64 Å². The summed E-state index contributed by atoms with van der Waals surface area (Å²) in [6, 6.07) is 16.0. The molecule has 1 aliphatic heterocycles. The number of nitrogens with zero attached hydrogens (tertiary/aromatic N) is 3. The van der Waals surface area contributed by atoms with Crippen LogP contribution in [0.15, 0.2) is 48.5 Å². The second kappa shape index (κ2) is 6.33. The van der Waals surface area contributed by atoms with Crippen molar-refractivity contribution in [2.24, 2.45) is 0 Å². The molecule has 4 rings (SSSR count). The van der Waals surface area contributed by atoms with Crippen molar-refractivity contribution in [2.45, 2.75) is 12.5 Å². The molecular formula is C19H14N4O3. The Morgan fingerprint density at radius 2 is 2.00 bits per heavy atom. The molecule has 0 unspecified atom stereocenters. The lowest BCUT2D eigenvalue weighted by Gasteiger charge is -2.16. The van der Waals surface area contributed by atoms with E-state index < -0.39 is 12.1 Å². The summed E-state index contributed by atoms with van der Waals surface area (Å²) in [5, 5.41) is 16.3. The highest BCUT2D eigenvalue weighted by molar-refractivity contribution is 6.04. The van der Waals surface area contributed by atoms with Gasteiger partial charge in [-0.25, -0.2) is 4.79 Å². The SMILES string of the molecule is N#Cc1ccc(N2CC[C@H](OC(=O)c3n[nH]c4ccccc34)C2=O)cc1. The molecule has 0 saturated carbocycles. The normalized spacial score (nSPS) is 16.7. The van der Waals surface area contributed by atoms with E-state index in [1.54, 1.807) is 35.2 Å². The van der Waals surface area contributed by atoms with Gasteiger partial charge in [-0.2, -0.15) is 10.4 Å². The molecule has 1 atom stereocenters. The summed E-state index contributed by atoms with van der Waals surface area (Å²) < 4.78 is 5.41. The maximum atomic E-state index is 12.6. The number of carbonyl (C=O) groups is 2. The maximum absolute atomic E-state index is 12.6. The van der Waals surface area contributed by atoms with Crippen molar-refractivity contribution < 1.29 is 14.3 Å². The zero-order valence-corrected chi connectivity index (χ0v) is 13.7. The third-order valence-electron chi connectivity index (χ3n) is 4.38. The Balaban J connectivity index is 1.50. The molecule has 26 heavy (non-hydrogen) atoms. The summed E-state index contributed by atoms with van der Waals surface area (Å²) in [6.07, 6.45) is -0.430. The topological polar surface area (TPSA) is 99.1 Å². The number of nitrogens with one attached hydrogen (secondary N) is 1. The molecule has 128 valence electrons. The summed E-state index contributed by atoms with van der Waals surface area (Å²) in [6.45, 7) is 0.448. The largest absolute Gasteiger partial charge is 0.447 e. The van der Waals surface area contributed by atoms with E-state index >= 15 is 0 Å². The minimum absolute atomic E-state index is 0.172. The minimum Gasteiger partial charge on any atom is -0.447 e. The monoisotopic (exact) mass is 346 g/mol. The molecule has 0 radical (unpaired) electrons. The number of hydrogen-bond acceptors (Lipinski definition) is 5. The van der Waals surface area contributed by atoms with Crippen LogP contribution in [0.25, 0.3) is 10.9 Å². The molecule has 1 N–H and O–H groups in total. The predicted molar refractivity (Wildman–Crippen MR) is 93.4 cm³/mol. The first kappa shape index (κ1) is 15.8. The first-order chi connectivity index (χ1) is 12.7. The van der Waals surface area contributed by atoms with Crippen LogP contribution in [0.3, 0.4) is 0 Å². The van der Waals surface area contributed by atoms with Gasteiger partial charge in [0.1, 0.15) is 0 Å². The van der Waals surface area contributed by atoms with Gasteiger partial charge in [-0.05, 0) is 30.3 Å². The zero-order chi connectivity index (χ0) is 18.1. The van der Waals surface area contributed by atoms with Crippen LogP contribution >= 0.6 is 0 Å². The number of rotatable bonds is 3. The average Bonchev–Trinajstić information content (AvgIpc) is 3.26. The van der Waals surface area contributed by atoms with Crippen molar-refractivity contribution in [1.29, 1.82) is 5.26 Å². The van der Waals surface area contributed by atoms with Crippen molar-refractivity contribution in [3.05, 3.63) is 59.8 Å². The van der Waals surface area contributed by atoms with E-state index in [0.29, 0.717) is 29.6 Å². The van der Waals surface area contributed by atoms with Crippen LogP contribution in [0, 0.1) is 11.3 Å². The standard InChI is InChI=1S/C19H14N4O3/c20-11-12-5-7-13(8-6-12)23-10-9-16(18(23)24)26-19(25)17-14-3-1-2-4-15(14)21-22-17/h1-8,16H,9-10H2,(H,21,22)/t16-/m0/s1. The van der Waals surface area contributed by atoms with Crippen LogP contribution in [0.1, 0.15) is 22.5 Å². The molecule has 1 fully saturated rings. The number of amides is 1. The second-order valence-corrected chi connectivity index (χ2v) is 5.95. The quantitative estimate of drug-likeness (QED) is 0.734. The van der Waals surface area contributed by atoms with E-state index in [1.807, 2.05) is 24.3 Å². The van der Waals surface area contributed by atoms with Gasteiger partial charge in [0.15, 0.2) is 11.8 Å². The maximum Gasteiger partial charge on any atom is 0.360 e. The fourth-order valence-corrected chi connectivity index (χ4v) is 3.04. The number of H-pyrrole nitrogens is 1. The smallest absolute Gasteiger partial charge is 0.360 e. The zero-order valence-electron chi connectivity index (χ0n) is 13.7. The summed E-state index contributed by atoms with van der Waals surface area (Å²) in [5.74, 6) is -0.898. The number of ether oxygens (including phenoxy) is 1. The molecule has 2 aromatic carbocycles. The summed E-state index contributed by atoms with van der Waals surface area (Å²) >= 11 is 0. The number of nitriles is 1. The molecule has 7 heteroatoms. The summed E-state index contributed by atoms with van der Waals surface area (Å²) in [5.41, 5.74) is 2.10. The third-order valence-corrected chi connectivity index (χ3v) is 4.38. The molecular weight excluding hydrogens is 332 g/mol. The molecule has 1 amide bonds. The number of esters is 1. The molecule has 1 saturated heterocycles. The van der Waals surface area contributed by atoms with Crippen molar-refractivity contribution in [3.8, 4) is 6.07 Å². The number of aromatic nitrogens is 2. The number of carbonyl (C=O) groups excluding carboxylic acids is 2. The van der Waals surface area contributed by atoms with Crippen LogP contribution < -0.4 is 4.90 Å². The Morgan fingerprint density at radius 1 is 1.23 bits per heavy atom. The van der Waals surface area contributed by atoms with Gasteiger partial charge >= 0.3 is 5.97 Å². The van der Waals surface area contributed by atoms with Crippen LogP contribution in [-0.4, -0.2) is 34.7 Å². The molecule has 1 aromatic heterocycles. The fourth-order valence-electron chi connectivity index (χ4n) is 3.04. The summed E-state index contributed by atoms with van der Waals surface area (Å²) in [4.78, 5) is 26.6. The van der Waals surface area contributed by atoms with Crippen LogP contribution in [0.4, 0.5) is 5.69 Å². The van der Waals surface area contributed by atoms with Gasteiger partial charge in [-0.1, -0.05) is 18.2 Å². The first-order valence-electron chi connectivity index (χ1n) is 8.13. The Bertz CT molecular complexity index is 1030. The van der Waals surface area contributed by atoms with Gasteiger partial charge in [0.2, 0.25) is 0 Å². The Morgan fingerprint density at radius 3 is 2.77 bits per heavy atom. The molecule has 0 aliphatic carbocycles. The van der Waals surface area contributed by atoms with Crippen LogP contribution in [0.2, 0.25) is 0 Å². The molecule has 2 heterocycles. The Hall–Kier alpha value is -3.66. The molecule has 1 aliphatic rings. The average molecular weight is 346 g/mol. The van der Waals surface area contributed by atoms with E-state index in [4.69, 9.17) is 10.00 Å². The first-order valence-corrected chi connectivity index (χ1v) is 8.13. The van der Waals surface area contributed by atoms with Crippen molar-refractivity contribution in [1.82, 2.24) is 10.2 Å². The predicted octanol–water partition coefficient (Wildman–Crippen LogP) is 2.40. The lowest BCUT2D eigenvalue weighted by atomic mass is 10.2. The van der Waals surface area contributed by atoms with Crippen molar-refractivity contribution in [2.75, 3.05) is 11.4 Å². The van der Waals surface area contributed by atoms with Crippen LogP contribution in [0.5, 0.6) is 0 Å². The molecule has 0 bridgehead atoms. The highest BCUT2D eigenvalue weighted by Gasteiger charge is 2.36. The highest BCUT2D eigenvalue weighted by Crippen LogP contribution is 2.25. The number of fused-ring (bicyclic) bond motifs is 1. The number of aromatic amines is 1. The van der Waals surface area contributed by atoms with Gasteiger partial charge in [0.25, 0.3) is 5.91 Å². The highest BCUT2D eigenvalue weighted by atomic mass is 16.5. The van der Waals surface area contributed by atoms with Crippen LogP contribution in [-0.2, 0) is 9.53 Å². The lowest BCUT2D eigenvalue weighted by Crippen LogP contribution is -2.32. The van der Waals surface area contributed by atoms with Crippen molar-refractivity contribution in [3.63, 3.8) is 0 Å². The van der Waals surface area contributed by atoms with Gasteiger partial charge in [-0.15, -0.1) is 0 Å². The van der Waals surface area contributed by atoms with E-state index in [0.717, 1.165) is 5.52 Å². The van der Waals surface area contributed by atoms with Gasteiger partial charge in [-0.3, -0.25) is 9.89 Å². The third kappa shape index (κ3) is 2.67. The van der Waals surface area contributed by atoms with E-state index in [-0.39, 0.29) is 11.6 Å². The van der Waals surface area contributed by atoms with E-state index in [9.17, 15) is 9.59 Å². The lowest BCUT2D eigenvalue weighted by molar-refractivity contribution is -0.124. The minimum atomic E-state index is -0.839. The molecule has 7 nitrogen and oxygen atoms in total. The fraction of sp³-hybridized carbons (Fsp3) is 0.158. The Labute approximate surface area is 148 Å². The van der Waals surface area contributed by atoms with Gasteiger partial charge in [0.05, 0.1) is 17.1 Å². The number of benzene rings is 2.